The van der Waals surface area contributed by atoms with Gasteiger partial charge in [-0.1, -0.05) is 90.5 Å². The Morgan fingerprint density at radius 1 is 0.826 bits per heavy atom. The van der Waals surface area contributed by atoms with E-state index in [1.54, 1.807) is 48.5 Å². The van der Waals surface area contributed by atoms with Crippen molar-refractivity contribution in [2.75, 3.05) is 17.1 Å². The van der Waals surface area contributed by atoms with Gasteiger partial charge in [-0.05, 0) is 67.8 Å². The first-order valence-electron chi connectivity index (χ1n) is 14.9. The van der Waals surface area contributed by atoms with Crippen LogP contribution in [0.4, 0.5) is 5.69 Å². The van der Waals surface area contributed by atoms with Gasteiger partial charge in [0.25, 0.3) is 0 Å². The molecule has 4 aromatic carbocycles. The van der Waals surface area contributed by atoms with E-state index in [2.05, 4.69) is 5.32 Å². The minimum atomic E-state index is -3.91. The number of ether oxygens (including phenoxy) is 1. The van der Waals surface area contributed by atoms with Crippen LogP contribution in [-0.2, 0) is 39.2 Å². The fraction of sp³-hybridized carbons (Fsp3) is 0.278. The van der Waals surface area contributed by atoms with Crippen molar-refractivity contribution in [3.8, 4) is 5.75 Å². The van der Waals surface area contributed by atoms with Crippen molar-refractivity contribution in [1.29, 1.82) is 0 Å². The first-order valence-corrected chi connectivity index (χ1v) is 17.2. The SMILES string of the molecule is CC(C)(C)NC(=O)C(Cc1ccccc1)N(Cc1ccccc1Cl)C(=O)CN(c1ccc(OCc2ccccc2)cc1)S(C)(=O)=O. The fourth-order valence-corrected chi connectivity index (χ4v) is 5.93. The van der Waals surface area contributed by atoms with E-state index in [0.29, 0.717) is 28.6 Å². The molecule has 1 atom stereocenters. The lowest BCUT2D eigenvalue weighted by Gasteiger charge is -2.35. The van der Waals surface area contributed by atoms with Crippen LogP contribution in [0.2, 0.25) is 5.02 Å². The molecule has 10 heteroatoms. The molecule has 46 heavy (non-hydrogen) atoms. The smallest absolute Gasteiger partial charge is 0.244 e. The molecule has 4 rings (SSSR count). The molecule has 0 spiro atoms. The predicted octanol–water partition coefficient (Wildman–Crippen LogP) is 6.24. The van der Waals surface area contributed by atoms with Crippen molar-refractivity contribution < 1.29 is 22.7 Å². The molecule has 0 bridgehead atoms. The number of nitrogens with one attached hydrogen (secondary N) is 1. The zero-order valence-corrected chi connectivity index (χ0v) is 28.1. The molecule has 0 heterocycles. The minimum Gasteiger partial charge on any atom is -0.489 e. The minimum absolute atomic E-state index is 0.00254. The largest absolute Gasteiger partial charge is 0.489 e. The van der Waals surface area contributed by atoms with Crippen molar-refractivity contribution >= 4 is 39.1 Å². The molecule has 242 valence electrons. The number of hydrogen-bond acceptors (Lipinski definition) is 5. The Morgan fingerprint density at radius 2 is 1.39 bits per heavy atom. The van der Waals surface area contributed by atoms with Gasteiger partial charge in [0.2, 0.25) is 21.8 Å². The van der Waals surface area contributed by atoms with Gasteiger partial charge in [0, 0.05) is 23.5 Å². The normalized spacial score (nSPS) is 12.2. The fourth-order valence-electron chi connectivity index (χ4n) is 4.88. The zero-order chi connectivity index (χ0) is 33.3. The summed E-state index contributed by atoms with van der Waals surface area (Å²) in [6.07, 6.45) is 1.26. The number of anilines is 1. The van der Waals surface area contributed by atoms with E-state index in [1.807, 2.05) is 81.4 Å². The number of sulfonamides is 1. The second kappa shape index (κ2) is 15.3. The second-order valence-electron chi connectivity index (χ2n) is 12.1. The van der Waals surface area contributed by atoms with E-state index in [-0.39, 0.29) is 18.9 Å². The van der Waals surface area contributed by atoms with Gasteiger partial charge in [-0.15, -0.1) is 0 Å². The van der Waals surface area contributed by atoms with Crippen LogP contribution in [0.1, 0.15) is 37.5 Å². The lowest BCUT2D eigenvalue weighted by Crippen LogP contribution is -2.56. The Hall–Kier alpha value is -4.34. The highest BCUT2D eigenvalue weighted by Crippen LogP contribution is 2.25. The molecule has 0 radical (unpaired) electrons. The van der Waals surface area contributed by atoms with Crippen molar-refractivity contribution in [3.05, 3.63) is 131 Å². The summed E-state index contributed by atoms with van der Waals surface area (Å²) in [5.41, 5.74) is 2.19. The Labute approximate surface area is 277 Å². The third-order valence-electron chi connectivity index (χ3n) is 7.12. The van der Waals surface area contributed by atoms with Crippen LogP contribution >= 0.6 is 11.6 Å². The maximum absolute atomic E-state index is 14.3. The number of amides is 2. The maximum Gasteiger partial charge on any atom is 0.244 e. The predicted molar refractivity (Wildman–Crippen MR) is 183 cm³/mol. The molecular weight excluding hydrogens is 622 g/mol. The summed E-state index contributed by atoms with van der Waals surface area (Å²) in [7, 11) is -3.91. The van der Waals surface area contributed by atoms with Gasteiger partial charge in [-0.25, -0.2) is 8.42 Å². The third kappa shape index (κ3) is 10.1. The Bertz CT molecular complexity index is 1710. The molecule has 0 aliphatic heterocycles. The summed E-state index contributed by atoms with van der Waals surface area (Å²) in [4.78, 5) is 29.6. The van der Waals surface area contributed by atoms with Crippen LogP contribution < -0.4 is 14.4 Å². The lowest BCUT2D eigenvalue weighted by atomic mass is 10.0. The van der Waals surface area contributed by atoms with E-state index >= 15 is 0 Å². The molecule has 2 amide bonds. The van der Waals surface area contributed by atoms with Crippen molar-refractivity contribution in [3.63, 3.8) is 0 Å². The van der Waals surface area contributed by atoms with Crippen LogP contribution in [0.15, 0.2) is 109 Å². The highest BCUT2D eigenvalue weighted by molar-refractivity contribution is 7.92. The molecule has 1 N–H and O–H groups in total. The first-order chi connectivity index (χ1) is 21.8. The summed E-state index contributed by atoms with van der Waals surface area (Å²) in [5.74, 6) is -0.364. The number of carbonyl (C=O) groups is 2. The van der Waals surface area contributed by atoms with Gasteiger partial charge >= 0.3 is 0 Å². The van der Waals surface area contributed by atoms with E-state index in [9.17, 15) is 18.0 Å². The molecule has 1 unspecified atom stereocenters. The average Bonchev–Trinajstić information content (AvgIpc) is 3.01. The highest BCUT2D eigenvalue weighted by Gasteiger charge is 2.34. The van der Waals surface area contributed by atoms with Gasteiger partial charge in [0.05, 0.1) is 11.9 Å². The quantitative estimate of drug-likeness (QED) is 0.183. The first kappa shape index (κ1) is 34.5. The number of hydrogen-bond donors (Lipinski definition) is 1. The van der Waals surface area contributed by atoms with E-state index in [0.717, 1.165) is 21.7 Å². The van der Waals surface area contributed by atoms with Gasteiger partial charge in [-0.2, -0.15) is 0 Å². The van der Waals surface area contributed by atoms with Crippen LogP contribution in [0.25, 0.3) is 0 Å². The molecule has 8 nitrogen and oxygen atoms in total. The third-order valence-corrected chi connectivity index (χ3v) is 8.63. The zero-order valence-electron chi connectivity index (χ0n) is 26.5. The highest BCUT2D eigenvalue weighted by atomic mass is 35.5. The topological polar surface area (TPSA) is 96.0 Å². The van der Waals surface area contributed by atoms with Crippen LogP contribution in [0, 0.1) is 0 Å². The van der Waals surface area contributed by atoms with Gasteiger partial charge in [0.15, 0.2) is 0 Å². The Balaban J connectivity index is 1.66. The molecular formula is C36H40ClN3O5S. The summed E-state index contributed by atoms with van der Waals surface area (Å²) >= 11 is 6.52. The number of carbonyl (C=O) groups excluding carboxylic acids is 2. The van der Waals surface area contributed by atoms with Crippen LogP contribution in [0.5, 0.6) is 5.75 Å². The monoisotopic (exact) mass is 661 g/mol. The second-order valence-corrected chi connectivity index (χ2v) is 14.4. The Morgan fingerprint density at radius 3 is 1.96 bits per heavy atom. The van der Waals surface area contributed by atoms with Crippen molar-refractivity contribution in [2.45, 2.75) is 51.9 Å². The summed E-state index contributed by atoms with van der Waals surface area (Å²) in [6, 6.07) is 31.7. The summed E-state index contributed by atoms with van der Waals surface area (Å²) in [5, 5.41) is 3.44. The number of rotatable bonds is 13. The maximum atomic E-state index is 14.3. The van der Waals surface area contributed by atoms with E-state index < -0.39 is 34.1 Å². The Kier molecular flexibility index (Phi) is 11.5. The van der Waals surface area contributed by atoms with Crippen LogP contribution in [0.3, 0.4) is 0 Å². The van der Waals surface area contributed by atoms with E-state index in [1.165, 1.54) is 4.90 Å². The molecule has 0 aromatic heterocycles. The van der Waals surface area contributed by atoms with Crippen molar-refractivity contribution in [2.24, 2.45) is 0 Å². The number of nitrogens with zero attached hydrogens (tertiary/aromatic N) is 2. The van der Waals surface area contributed by atoms with Crippen molar-refractivity contribution in [1.82, 2.24) is 10.2 Å². The number of benzene rings is 4. The average molecular weight is 662 g/mol. The molecule has 0 saturated carbocycles. The molecule has 0 aliphatic rings. The summed E-state index contributed by atoms with van der Waals surface area (Å²) < 4.78 is 33.1. The number of halogens is 1. The van der Waals surface area contributed by atoms with E-state index in [4.69, 9.17) is 16.3 Å². The molecule has 0 aliphatic carbocycles. The molecule has 0 fully saturated rings. The van der Waals surface area contributed by atoms with Gasteiger partial charge < -0.3 is 15.0 Å². The summed E-state index contributed by atoms with van der Waals surface area (Å²) in [6.45, 7) is 5.42. The van der Waals surface area contributed by atoms with Gasteiger partial charge in [-0.3, -0.25) is 13.9 Å². The standard InChI is InChI=1S/C36H40ClN3O5S/c1-36(2,3)38-35(42)33(23-27-13-7-5-8-14-27)39(24-29-17-11-12-18-32(29)37)34(41)25-40(46(4,43)44)30-19-21-31(22-20-30)45-26-28-15-9-6-10-16-28/h5-22,33H,23-26H2,1-4H3,(H,38,42). The van der Waals surface area contributed by atoms with Crippen LogP contribution in [-0.4, -0.2) is 49.5 Å². The lowest BCUT2D eigenvalue weighted by molar-refractivity contribution is -0.140. The molecule has 0 saturated heterocycles. The molecule has 4 aromatic rings. The van der Waals surface area contributed by atoms with Gasteiger partial charge in [0.1, 0.15) is 24.9 Å².